The average molecular weight is 359 g/mol. The van der Waals surface area contributed by atoms with E-state index in [4.69, 9.17) is 10.7 Å². The van der Waals surface area contributed by atoms with E-state index in [2.05, 4.69) is 12.1 Å². The number of benzene rings is 2. The van der Waals surface area contributed by atoms with E-state index in [1.54, 1.807) is 0 Å². The summed E-state index contributed by atoms with van der Waals surface area (Å²) < 4.78 is 0. The zero-order valence-corrected chi connectivity index (χ0v) is 15.5. The summed E-state index contributed by atoms with van der Waals surface area (Å²) in [7, 11) is 0. The molecule has 2 heterocycles. The van der Waals surface area contributed by atoms with Gasteiger partial charge in [0, 0.05) is 30.8 Å². The molecule has 0 aliphatic carbocycles. The monoisotopic (exact) mass is 359 g/mol. The van der Waals surface area contributed by atoms with Crippen LogP contribution in [0.1, 0.15) is 36.4 Å². The highest BCUT2D eigenvalue weighted by Gasteiger charge is 2.26. The second kappa shape index (κ2) is 7.78. The van der Waals surface area contributed by atoms with Crippen molar-refractivity contribution in [1.82, 2.24) is 9.88 Å². The van der Waals surface area contributed by atoms with Crippen molar-refractivity contribution in [3.63, 3.8) is 0 Å². The number of rotatable bonds is 4. The van der Waals surface area contributed by atoms with Crippen molar-refractivity contribution in [1.29, 1.82) is 0 Å². The summed E-state index contributed by atoms with van der Waals surface area (Å²) in [6.07, 6.45) is 3.23. The Balaban J connectivity index is 1.37. The van der Waals surface area contributed by atoms with Crippen LogP contribution in [0.15, 0.2) is 60.7 Å². The Bertz CT molecular complexity index is 931. The number of aromatic nitrogens is 1. The maximum atomic E-state index is 12.5. The number of hydrogen-bond acceptors (Lipinski definition) is 3. The summed E-state index contributed by atoms with van der Waals surface area (Å²) in [5.74, 6) is 0.574. The van der Waals surface area contributed by atoms with Gasteiger partial charge in [0.15, 0.2) is 0 Å². The first-order valence-corrected chi connectivity index (χ1v) is 9.67. The lowest BCUT2D eigenvalue weighted by Crippen LogP contribution is -2.38. The Morgan fingerprint density at radius 2 is 1.74 bits per heavy atom. The van der Waals surface area contributed by atoms with Gasteiger partial charge in [-0.3, -0.25) is 9.78 Å². The number of nitrogens with zero attached hydrogens (tertiary/aromatic N) is 2. The molecule has 1 aromatic heterocycles. The molecule has 2 N–H and O–H groups in total. The van der Waals surface area contributed by atoms with Crippen LogP contribution in [-0.4, -0.2) is 28.9 Å². The molecule has 4 nitrogen and oxygen atoms in total. The Hall–Kier alpha value is -2.88. The highest BCUT2D eigenvalue weighted by atomic mass is 16.2. The number of para-hydroxylation sites is 1. The van der Waals surface area contributed by atoms with Crippen molar-refractivity contribution in [2.75, 3.05) is 18.8 Å². The van der Waals surface area contributed by atoms with Crippen molar-refractivity contribution in [2.24, 2.45) is 0 Å². The van der Waals surface area contributed by atoms with Crippen LogP contribution >= 0.6 is 0 Å². The molecule has 1 aliphatic rings. The van der Waals surface area contributed by atoms with Crippen LogP contribution in [0, 0.1) is 0 Å². The minimum atomic E-state index is 0.247. The minimum Gasteiger partial charge on any atom is -0.397 e. The van der Waals surface area contributed by atoms with Gasteiger partial charge >= 0.3 is 0 Å². The molecular formula is C23H25N3O. The number of amides is 1. The number of pyridine rings is 1. The maximum Gasteiger partial charge on any atom is 0.222 e. The fourth-order valence-electron chi connectivity index (χ4n) is 3.93. The number of carbonyl (C=O) groups excluding carboxylic acids is 1. The molecule has 1 fully saturated rings. The number of nitrogens with two attached hydrogens (primary N) is 1. The van der Waals surface area contributed by atoms with E-state index in [1.165, 1.54) is 5.56 Å². The molecule has 27 heavy (non-hydrogen) atoms. The largest absolute Gasteiger partial charge is 0.397 e. The lowest BCUT2D eigenvalue weighted by Gasteiger charge is -2.32. The summed E-state index contributed by atoms with van der Waals surface area (Å²) in [6, 6.07) is 20.3. The predicted octanol–water partition coefficient (Wildman–Crippen LogP) is 4.16. The van der Waals surface area contributed by atoms with Gasteiger partial charge in [-0.05, 0) is 37.0 Å². The van der Waals surface area contributed by atoms with Crippen LogP contribution in [0.4, 0.5) is 5.69 Å². The molecule has 138 valence electrons. The molecule has 1 saturated heterocycles. The van der Waals surface area contributed by atoms with Gasteiger partial charge in [-0.1, -0.05) is 48.5 Å². The predicted molar refractivity (Wildman–Crippen MR) is 109 cm³/mol. The third kappa shape index (κ3) is 3.95. The fraction of sp³-hybridized carbons (Fsp3) is 0.304. The van der Waals surface area contributed by atoms with E-state index >= 15 is 0 Å². The van der Waals surface area contributed by atoms with E-state index in [1.807, 2.05) is 53.4 Å². The molecule has 1 amide bonds. The number of nitrogen functional groups attached to an aromatic ring is 1. The molecule has 0 saturated carbocycles. The first-order chi connectivity index (χ1) is 13.2. The van der Waals surface area contributed by atoms with Crippen LogP contribution in [0.2, 0.25) is 0 Å². The Labute approximate surface area is 160 Å². The first-order valence-electron chi connectivity index (χ1n) is 9.67. The Morgan fingerprint density at radius 3 is 2.52 bits per heavy atom. The molecule has 0 unspecified atom stereocenters. The van der Waals surface area contributed by atoms with E-state index in [0.29, 0.717) is 12.3 Å². The van der Waals surface area contributed by atoms with E-state index in [0.717, 1.165) is 54.6 Å². The summed E-state index contributed by atoms with van der Waals surface area (Å²) in [5, 5.41) is 1.08. The standard InChI is InChI=1S/C23H25N3O/c24-20-16-19-8-4-5-9-21(19)25-23(20)18-12-14-26(15-13-18)22(27)11-10-17-6-2-1-3-7-17/h1-9,16,18H,10-15,24H2. The van der Waals surface area contributed by atoms with Crippen LogP contribution in [0.25, 0.3) is 10.9 Å². The van der Waals surface area contributed by atoms with Crippen LogP contribution < -0.4 is 5.73 Å². The Kier molecular flexibility index (Phi) is 5.05. The molecule has 4 heteroatoms. The third-order valence-electron chi connectivity index (χ3n) is 5.49. The quantitative estimate of drug-likeness (QED) is 0.761. The van der Waals surface area contributed by atoms with Gasteiger partial charge in [0.1, 0.15) is 0 Å². The number of aryl methyl sites for hydroxylation is 1. The zero-order valence-electron chi connectivity index (χ0n) is 15.5. The van der Waals surface area contributed by atoms with Crippen molar-refractivity contribution >= 4 is 22.5 Å². The van der Waals surface area contributed by atoms with Crippen molar-refractivity contribution in [3.8, 4) is 0 Å². The zero-order chi connectivity index (χ0) is 18.6. The number of likely N-dealkylation sites (tertiary alicyclic amines) is 1. The summed E-state index contributed by atoms with van der Waals surface area (Å²) in [6.45, 7) is 1.57. The number of piperidine rings is 1. The van der Waals surface area contributed by atoms with Gasteiger partial charge in [-0.15, -0.1) is 0 Å². The van der Waals surface area contributed by atoms with Crippen molar-refractivity contribution in [3.05, 3.63) is 71.9 Å². The summed E-state index contributed by atoms with van der Waals surface area (Å²) in [4.78, 5) is 19.4. The number of carbonyl (C=O) groups is 1. The molecule has 0 atom stereocenters. The van der Waals surface area contributed by atoms with E-state index < -0.39 is 0 Å². The van der Waals surface area contributed by atoms with Gasteiger partial charge in [-0.25, -0.2) is 0 Å². The van der Waals surface area contributed by atoms with E-state index in [-0.39, 0.29) is 5.91 Å². The molecule has 0 spiro atoms. The lowest BCUT2D eigenvalue weighted by atomic mass is 9.91. The molecule has 0 radical (unpaired) electrons. The maximum absolute atomic E-state index is 12.5. The summed E-state index contributed by atoms with van der Waals surface area (Å²) in [5.41, 5.74) is 10.2. The molecule has 1 aliphatic heterocycles. The summed E-state index contributed by atoms with van der Waals surface area (Å²) >= 11 is 0. The van der Waals surface area contributed by atoms with Crippen LogP contribution in [0.5, 0.6) is 0 Å². The molecule has 4 rings (SSSR count). The van der Waals surface area contributed by atoms with Crippen molar-refractivity contribution < 1.29 is 4.79 Å². The van der Waals surface area contributed by atoms with Crippen LogP contribution in [-0.2, 0) is 11.2 Å². The number of hydrogen-bond donors (Lipinski definition) is 1. The fourth-order valence-corrected chi connectivity index (χ4v) is 3.93. The van der Waals surface area contributed by atoms with Crippen LogP contribution in [0.3, 0.4) is 0 Å². The first kappa shape index (κ1) is 17.5. The topological polar surface area (TPSA) is 59.2 Å². The van der Waals surface area contributed by atoms with Gasteiger partial charge in [0.25, 0.3) is 0 Å². The highest BCUT2D eigenvalue weighted by Crippen LogP contribution is 2.32. The third-order valence-corrected chi connectivity index (χ3v) is 5.49. The van der Waals surface area contributed by atoms with Gasteiger partial charge in [-0.2, -0.15) is 0 Å². The van der Waals surface area contributed by atoms with Gasteiger partial charge in [0.05, 0.1) is 16.9 Å². The SMILES string of the molecule is Nc1cc2ccccc2nc1C1CCN(C(=O)CCc2ccccc2)CC1. The Morgan fingerprint density at radius 1 is 1.04 bits per heavy atom. The lowest BCUT2D eigenvalue weighted by molar-refractivity contribution is -0.132. The second-order valence-electron chi connectivity index (χ2n) is 7.30. The number of fused-ring (bicyclic) bond motifs is 1. The average Bonchev–Trinajstić information content (AvgIpc) is 2.72. The molecular weight excluding hydrogens is 334 g/mol. The second-order valence-corrected chi connectivity index (χ2v) is 7.30. The van der Waals surface area contributed by atoms with Gasteiger partial charge in [0.2, 0.25) is 5.91 Å². The molecule has 0 bridgehead atoms. The molecule has 2 aromatic carbocycles. The van der Waals surface area contributed by atoms with Gasteiger partial charge < -0.3 is 10.6 Å². The highest BCUT2D eigenvalue weighted by molar-refractivity contribution is 5.82. The minimum absolute atomic E-state index is 0.247. The molecule has 3 aromatic rings. The normalized spacial score (nSPS) is 15.2. The van der Waals surface area contributed by atoms with E-state index in [9.17, 15) is 4.79 Å². The van der Waals surface area contributed by atoms with Crippen molar-refractivity contribution in [2.45, 2.75) is 31.6 Å². The smallest absolute Gasteiger partial charge is 0.222 e. The number of anilines is 1.